The van der Waals surface area contributed by atoms with Gasteiger partial charge in [-0.3, -0.25) is 20.4 Å². The van der Waals surface area contributed by atoms with E-state index < -0.39 is 23.9 Å². The fraction of sp³-hybridized carbons (Fsp3) is 0.348. The molecule has 0 fully saturated rings. The summed E-state index contributed by atoms with van der Waals surface area (Å²) in [7, 11) is 0. The van der Waals surface area contributed by atoms with Crippen molar-refractivity contribution in [2.24, 2.45) is 11.7 Å². The summed E-state index contributed by atoms with van der Waals surface area (Å²) in [5, 5.41) is 2.39. The van der Waals surface area contributed by atoms with E-state index in [2.05, 4.69) is 16.2 Å². The molecule has 0 spiro atoms. The standard InChI is InChI=1S/C23H30N4O5/c1-4-15(3)20(25-23(24)30)22(29)27-26-21(28)17-8-6-16(7-9-17)14-32-19-12-10-18(11-13-19)31-5-2/h6-13,15,20H,4-5,14H2,1-3H3,(H,26,28)(H,27,29)(H3,24,25,30)/t15-,20-/m0/s1. The Kier molecular flexibility index (Phi) is 9.34. The Balaban J connectivity index is 1.86. The molecule has 0 aliphatic heterocycles. The Labute approximate surface area is 187 Å². The molecule has 0 aliphatic rings. The molecule has 9 nitrogen and oxygen atoms in total. The van der Waals surface area contributed by atoms with Crippen molar-refractivity contribution >= 4 is 17.8 Å². The quantitative estimate of drug-likeness (QED) is 0.420. The number of benzene rings is 2. The molecule has 0 aromatic heterocycles. The second kappa shape index (κ2) is 12.2. The van der Waals surface area contributed by atoms with Crippen LogP contribution >= 0.6 is 0 Å². The van der Waals surface area contributed by atoms with E-state index in [1.807, 2.05) is 38.1 Å². The van der Waals surface area contributed by atoms with Crippen LogP contribution in [0.15, 0.2) is 48.5 Å². The number of hydrogen-bond donors (Lipinski definition) is 4. The molecular formula is C23H30N4O5. The first kappa shape index (κ1) is 24.5. The summed E-state index contributed by atoms with van der Waals surface area (Å²) in [6.45, 7) is 6.55. The highest BCUT2D eigenvalue weighted by Crippen LogP contribution is 2.18. The van der Waals surface area contributed by atoms with Crippen molar-refractivity contribution in [1.29, 1.82) is 0 Å². The minimum absolute atomic E-state index is 0.158. The number of urea groups is 1. The molecule has 0 aliphatic carbocycles. The highest BCUT2D eigenvalue weighted by Gasteiger charge is 2.25. The van der Waals surface area contributed by atoms with E-state index in [1.54, 1.807) is 31.2 Å². The van der Waals surface area contributed by atoms with Crippen molar-refractivity contribution in [2.45, 2.75) is 39.8 Å². The number of hydrogen-bond acceptors (Lipinski definition) is 5. The molecule has 2 rings (SSSR count). The van der Waals surface area contributed by atoms with Crippen molar-refractivity contribution in [3.8, 4) is 11.5 Å². The van der Waals surface area contributed by atoms with E-state index in [0.29, 0.717) is 30.9 Å². The Morgan fingerprint density at radius 2 is 1.50 bits per heavy atom. The fourth-order valence-corrected chi connectivity index (χ4v) is 2.84. The van der Waals surface area contributed by atoms with Gasteiger partial charge in [0.15, 0.2) is 0 Å². The maximum absolute atomic E-state index is 12.3. The lowest BCUT2D eigenvalue weighted by molar-refractivity contribution is -0.124. The monoisotopic (exact) mass is 442 g/mol. The third-order valence-electron chi connectivity index (χ3n) is 4.85. The second-order valence-corrected chi connectivity index (χ2v) is 7.21. The van der Waals surface area contributed by atoms with Crippen LogP contribution in [0.4, 0.5) is 4.79 Å². The molecule has 2 atom stereocenters. The van der Waals surface area contributed by atoms with Gasteiger partial charge in [0.25, 0.3) is 11.8 Å². The van der Waals surface area contributed by atoms with E-state index in [4.69, 9.17) is 15.2 Å². The lowest BCUT2D eigenvalue weighted by Gasteiger charge is -2.22. The number of nitrogens with one attached hydrogen (secondary N) is 3. The molecule has 2 aromatic rings. The van der Waals surface area contributed by atoms with Gasteiger partial charge in [-0.2, -0.15) is 0 Å². The van der Waals surface area contributed by atoms with E-state index in [1.165, 1.54) is 0 Å². The second-order valence-electron chi connectivity index (χ2n) is 7.21. The molecule has 0 heterocycles. The zero-order valence-corrected chi connectivity index (χ0v) is 18.5. The minimum Gasteiger partial charge on any atom is -0.494 e. The van der Waals surface area contributed by atoms with Crippen LogP contribution in [0.1, 0.15) is 43.1 Å². The summed E-state index contributed by atoms with van der Waals surface area (Å²) in [5.41, 5.74) is 11.1. The first-order chi connectivity index (χ1) is 15.3. The summed E-state index contributed by atoms with van der Waals surface area (Å²) in [5.74, 6) is 0.293. The van der Waals surface area contributed by atoms with Crippen molar-refractivity contribution in [2.75, 3.05) is 6.61 Å². The Morgan fingerprint density at radius 1 is 0.906 bits per heavy atom. The van der Waals surface area contributed by atoms with Crippen LogP contribution in [0, 0.1) is 5.92 Å². The SMILES string of the molecule is CCOc1ccc(OCc2ccc(C(=O)NNC(=O)[C@@H](NC(N)=O)[C@@H](C)CC)cc2)cc1. The number of carbonyl (C=O) groups excluding carboxylic acids is 3. The fourth-order valence-electron chi connectivity index (χ4n) is 2.84. The van der Waals surface area contributed by atoms with Gasteiger partial charge in [-0.05, 0) is 54.8 Å². The number of carbonyl (C=O) groups is 3. The number of amides is 4. The maximum Gasteiger partial charge on any atom is 0.312 e. The Bertz CT molecular complexity index is 900. The smallest absolute Gasteiger partial charge is 0.312 e. The molecule has 0 radical (unpaired) electrons. The van der Waals surface area contributed by atoms with Gasteiger partial charge in [-0.15, -0.1) is 0 Å². The molecule has 5 N–H and O–H groups in total. The average molecular weight is 443 g/mol. The number of nitrogens with two attached hydrogens (primary N) is 1. The number of hydrazine groups is 1. The molecule has 0 saturated carbocycles. The first-order valence-corrected chi connectivity index (χ1v) is 10.4. The lowest BCUT2D eigenvalue weighted by atomic mass is 9.99. The maximum atomic E-state index is 12.3. The summed E-state index contributed by atoms with van der Waals surface area (Å²) < 4.78 is 11.1. The van der Waals surface area contributed by atoms with Gasteiger partial charge < -0.3 is 20.5 Å². The van der Waals surface area contributed by atoms with Gasteiger partial charge in [-0.1, -0.05) is 32.4 Å². The van der Waals surface area contributed by atoms with Crippen molar-refractivity contribution in [3.63, 3.8) is 0 Å². The molecule has 4 amide bonds. The van der Waals surface area contributed by atoms with Crippen LogP contribution in [0.3, 0.4) is 0 Å². The van der Waals surface area contributed by atoms with E-state index in [-0.39, 0.29) is 5.92 Å². The molecule has 172 valence electrons. The third-order valence-corrected chi connectivity index (χ3v) is 4.85. The number of primary amides is 1. The summed E-state index contributed by atoms with van der Waals surface area (Å²) in [6, 6.07) is 12.5. The zero-order valence-electron chi connectivity index (χ0n) is 18.5. The van der Waals surface area contributed by atoms with Gasteiger partial charge >= 0.3 is 6.03 Å². The van der Waals surface area contributed by atoms with Gasteiger partial charge in [0.05, 0.1) is 6.61 Å². The van der Waals surface area contributed by atoms with Gasteiger partial charge in [-0.25, -0.2) is 4.79 Å². The van der Waals surface area contributed by atoms with Crippen LogP contribution in [0.25, 0.3) is 0 Å². The number of rotatable bonds is 10. The van der Waals surface area contributed by atoms with Gasteiger partial charge in [0, 0.05) is 5.56 Å². The largest absolute Gasteiger partial charge is 0.494 e. The predicted molar refractivity (Wildman–Crippen MR) is 120 cm³/mol. The van der Waals surface area contributed by atoms with E-state index in [0.717, 1.165) is 11.3 Å². The first-order valence-electron chi connectivity index (χ1n) is 10.4. The highest BCUT2D eigenvalue weighted by atomic mass is 16.5. The molecule has 0 saturated heterocycles. The summed E-state index contributed by atoms with van der Waals surface area (Å²) >= 11 is 0. The van der Waals surface area contributed by atoms with Gasteiger partial charge in [0.1, 0.15) is 24.1 Å². The summed E-state index contributed by atoms with van der Waals surface area (Å²) in [4.78, 5) is 35.8. The van der Waals surface area contributed by atoms with Gasteiger partial charge in [0.2, 0.25) is 0 Å². The van der Waals surface area contributed by atoms with E-state index >= 15 is 0 Å². The molecular weight excluding hydrogens is 412 g/mol. The predicted octanol–water partition coefficient (Wildman–Crippen LogP) is 2.51. The van der Waals surface area contributed by atoms with Crippen molar-refractivity contribution in [3.05, 3.63) is 59.7 Å². The molecule has 9 heteroatoms. The van der Waals surface area contributed by atoms with Crippen LogP contribution in [-0.2, 0) is 11.4 Å². The number of ether oxygens (including phenoxy) is 2. The summed E-state index contributed by atoms with van der Waals surface area (Å²) in [6.07, 6.45) is 0.645. The lowest BCUT2D eigenvalue weighted by Crippen LogP contribution is -2.55. The van der Waals surface area contributed by atoms with Crippen LogP contribution < -0.4 is 31.4 Å². The van der Waals surface area contributed by atoms with E-state index in [9.17, 15) is 14.4 Å². The van der Waals surface area contributed by atoms with Crippen LogP contribution in [0.5, 0.6) is 11.5 Å². The normalized spacial score (nSPS) is 12.2. The Hall–Kier alpha value is -3.75. The van der Waals surface area contributed by atoms with Crippen LogP contribution in [-0.4, -0.2) is 30.5 Å². The Morgan fingerprint density at radius 3 is 2.03 bits per heavy atom. The topological polar surface area (TPSA) is 132 Å². The van der Waals surface area contributed by atoms with Crippen molar-refractivity contribution < 1.29 is 23.9 Å². The minimum atomic E-state index is -0.847. The van der Waals surface area contributed by atoms with Crippen LogP contribution in [0.2, 0.25) is 0 Å². The molecule has 0 unspecified atom stereocenters. The molecule has 32 heavy (non-hydrogen) atoms. The molecule has 0 bridgehead atoms. The third kappa shape index (κ3) is 7.50. The highest BCUT2D eigenvalue weighted by molar-refractivity contribution is 5.96. The molecule has 2 aromatic carbocycles. The zero-order chi connectivity index (χ0) is 23.5. The average Bonchev–Trinajstić information content (AvgIpc) is 2.80. The van der Waals surface area contributed by atoms with Crippen molar-refractivity contribution in [1.82, 2.24) is 16.2 Å².